The first-order valence-corrected chi connectivity index (χ1v) is 11.5. The van der Waals surface area contributed by atoms with Gasteiger partial charge in [0.05, 0.1) is 17.0 Å². The Hall–Kier alpha value is -4.21. The number of carboxylic acids is 1. The molecule has 0 aromatic heterocycles. The second kappa shape index (κ2) is 10.4. The highest BCUT2D eigenvalue weighted by atomic mass is 16.4. The zero-order chi connectivity index (χ0) is 24.9. The van der Waals surface area contributed by atoms with Crippen molar-refractivity contribution in [3.63, 3.8) is 0 Å². The highest BCUT2D eigenvalue weighted by Crippen LogP contribution is 2.34. The molecule has 0 unspecified atom stereocenters. The summed E-state index contributed by atoms with van der Waals surface area (Å²) in [5, 5.41) is 17.5. The van der Waals surface area contributed by atoms with Crippen molar-refractivity contribution in [1.82, 2.24) is 5.01 Å². The molecule has 35 heavy (non-hydrogen) atoms. The normalized spacial score (nSPS) is 16.2. The minimum atomic E-state index is -1.12. The fourth-order valence-electron chi connectivity index (χ4n) is 4.55. The van der Waals surface area contributed by atoms with Gasteiger partial charge in [-0.25, -0.2) is 14.6 Å². The molecule has 4 N–H and O–H groups in total. The summed E-state index contributed by atoms with van der Waals surface area (Å²) >= 11 is 0. The first-order chi connectivity index (χ1) is 16.8. The SMILES string of the molecule is NC(=O)CN1C(=O)N(CC(=O)Nc2cccc(C(=O)O)c2)N=C(C2CCCCC2)c2ccccc21. The number of hydrazone groups is 1. The van der Waals surface area contributed by atoms with Gasteiger partial charge in [-0.1, -0.05) is 43.5 Å². The summed E-state index contributed by atoms with van der Waals surface area (Å²) in [6, 6.07) is 12.4. The number of carboxylic acid groups (broad SMARTS) is 1. The van der Waals surface area contributed by atoms with Gasteiger partial charge in [0.15, 0.2) is 0 Å². The molecule has 10 nitrogen and oxygen atoms in total. The number of urea groups is 1. The number of primary amides is 1. The van der Waals surface area contributed by atoms with Crippen LogP contribution in [-0.4, -0.2) is 52.7 Å². The Bertz CT molecular complexity index is 1190. The van der Waals surface area contributed by atoms with Crippen molar-refractivity contribution in [3.8, 4) is 0 Å². The molecule has 1 saturated carbocycles. The van der Waals surface area contributed by atoms with Gasteiger partial charge in [0, 0.05) is 17.2 Å². The third-order valence-corrected chi connectivity index (χ3v) is 6.14. The van der Waals surface area contributed by atoms with E-state index in [2.05, 4.69) is 10.4 Å². The maximum absolute atomic E-state index is 13.5. The number of amides is 4. The van der Waals surface area contributed by atoms with Gasteiger partial charge in [-0.3, -0.25) is 14.5 Å². The summed E-state index contributed by atoms with van der Waals surface area (Å²) in [4.78, 5) is 50.6. The van der Waals surface area contributed by atoms with Crippen molar-refractivity contribution in [1.29, 1.82) is 0 Å². The molecule has 182 valence electrons. The molecule has 4 amide bonds. The molecule has 1 heterocycles. The van der Waals surface area contributed by atoms with E-state index in [0.717, 1.165) is 42.7 Å². The van der Waals surface area contributed by atoms with Crippen LogP contribution in [0.25, 0.3) is 0 Å². The molecule has 0 atom stereocenters. The number of anilines is 2. The third-order valence-electron chi connectivity index (χ3n) is 6.14. The lowest BCUT2D eigenvalue weighted by Crippen LogP contribution is -2.46. The molecule has 4 rings (SSSR count). The Morgan fingerprint density at radius 2 is 1.77 bits per heavy atom. The summed E-state index contributed by atoms with van der Waals surface area (Å²) in [6.07, 6.45) is 5.06. The molecule has 1 aliphatic carbocycles. The van der Waals surface area contributed by atoms with Crippen LogP contribution in [0.4, 0.5) is 16.2 Å². The summed E-state index contributed by atoms with van der Waals surface area (Å²) < 4.78 is 0. The van der Waals surface area contributed by atoms with Crippen LogP contribution >= 0.6 is 0 Å². The number of nitrogens with zero attached hydrogens (tertiary/aromatic N) is 3. The van der Waals surface area contributed by atoms with Crippen molar-refractivity contribution in [2.24, 2.45) is 16.8 Å². The van der Waals surface area contributed by atoms with Gasteiger partial charge in [-0.2, -0.15) is 5.10 Å². The number of carbonyl (C=O) groups is 4. The number of aromatic carboxylic acids is 1. The topological polar surface area (TPSA) is 145 Å². The molecule has 2 aromatic carbocycles. The smallest absolute Gasteiger partial charge is 0.345 e. The number of nitrogens with two attached hydrogens (primary N) is 1. The molecule has 1 aliphatic heterocycles. The molecule has 0 spiro atoms. The van der Waals surface area contributed by atoms with Gasteiger partial charge >= 0.3 is 12.0 Å². The molecule has 2 aromatic rings. The maximum Gasteiger partial charge on any atom is 0.345 e. The highest BCUT2D eigenvalue weighted by Gasteiger charge is 2.34. The van der Waals surface area contributed by atoms with E-state index in [0.29, 0.717) is 11.4 Å². The van der Waals surface area contributed by atoms with Crippen LogP contribution in [0.3, 0.4) is 0 Å². The molecule has 2 aliphatic rings. The van der Waals surface area contributed by atoms with Crippen molar-refractivity contribution in [2.75, 3.05) is 23.3 Å². The molecule has 1 fully saturated rings. The predicted octanol–water partition coefficient (Wildman–Crippen LogP) is 3.04. The van der Waals surface area contributed by atoms with Gasteiger partial charge in [0.2, 0.25) is 11.8 Å². The number of fused-ring (bicyclic) bond motifs is 1. The van der Waals surface area contributed by atoms with E-state index in [1.54, 1.807) is 18.2 Å². The Balaban J connectivity index is 1.67. The second-order valence-corrected chi connectivity index (χ2v) is 8.66. The monoisotopic (exact) mass is 477 g/mol. The quantitative estimate of drug-likeness (QED) is 0.561. The Kier molecular flexibility index (Phi) is 7.09. The Morgan fingerprint density at radius 3 is 2.49 bits per heavy atom. The van der Waals surface area contributed by atoms with Crippen molar-refractivity contribution in [3.05, 3.63) is 59.7 Å². The van der Waals surface area contributed by atoms with Gasteiger partial charge in [0.1, 0.15) is 13.1 Å². The molecule has 10 heteroatoms. The third kappa shape index (κ3) is 5.48. The standard InChI is InChI=1S/C25H27N5O5/c26-21(31)14-29-20-12-5-4-11-19(20)23(16-7-2-1-3-8-16)28-30(25(29)35)15-22(32)27-18-10-6-9-17(13-18)24(33)34/h4-6,9-13,16H,1-3,7-8,14-15H2,(H2,26,31)(H,27,32)(H,33,34). The first kappa shape index (κ1) is 23.9. The van der Waals surface area contributed by atoms with E-state index in [1.165, 1.54) is 23.1 Å². The van der Waals surface area contributed by atoms with Gasteiger partial charge < -0.3 is 16.2 Å². The van der Waals surface area contributed by atoms with E-state index >= 15 is 0 Å². The molecular weight excluding hydrogens is 450 g/mol. The van der Waals surface area contributed by atoms with Gasteiger partial charge in [-0.05, 0) is 37.1 Å². The molecule has 0 bridgehead atoms. The van der Waals surface area contributed by atoms with Crippen LogP contribution in [0.2, 0.25) is 0 Å². The van der Waals surface area contributed by atoms with Crippen LogP contribution in [0.5, 0.6) is 0 Å². The van der Waals surface area contributed by atoms with Crippen LogP contribution in [-0.2, 0) is 9.59 Å². The highest BCUT2D eigenvalue weighted by molar-refractivity contribution is 6.13. The van der Waals surface area contributed by atoms with Crippen molar-refractivity contribution >= 4 is 40.9 Å². The minimum absolute atomic E-state index is 0.0225. The van der Waals surface area contributed by atoms with Crippen LogP contribution < -0.4 is 16.0 Å². The average Bonchev–Trinajstić information content (AvgIpc) is 2.95. The minimum Gasteiger partial charge on any atom is -0.478 e. The maximum atomic E-state index is 13.5. The van der Waals surface area contributed by atoms with Crippen LogP contribution in [0, 0.1) is 5.92 Å². The van der Waals surface area contributed by atoms with Crippen molar-refractivity contribution < 1.29 is 24.3 Å². The van der Waals surface area contributed by atoms with Gasteiger partial charge in [-0.15, -0.1) is 0 Å². The fourth-order valence-corrected chi connectivity index (χ4v) is 4.55. The molecule has 0 radical (unpaired) electrons. The number of carbonyl (C=O) groups excluding carboxylic acids is 3. The largest absolute Gasteiger partial charge is 0.478 e. The summed E-state index contributed by atoms with van der Waals surface area (Å²) in [7, 11) is 0. The summed E-state index contributed by atoms with van der Waals surface area (Å²) in [6.45, 7) is -0.780. The van der Waals surface area contributed by atoms with Crippen LogP contribution in [0.1, 0.15) is 48.0 Å². The first-order valence-electron chi connectivity index (χ1n) is 11.5. The Labute approximate surface area is 202 Å². The number of rotatable bonds is 7. The predicted molar refractivity (Wildman–Crippen MR) is 130 cm³/mol. The number of hydrogen-bond donors (Lipinski definition) is 3. The number of benzene rings is 2. The van der Waals surface area contributed by atoms with E-state index in [-0.39, 0.29) is 23.7 Å². The molecule has 0 saturated heterocycles. The Morgan fingerprint density at radius 1 is 1.03 bits per heavy atom. The number of nitrogens with one attached hydrogen (secondary N) is 1. The lowest BCUT2D eigenvalue weighted by Gasteiger charge is -2.25. The van der Waals surface area contributed by atoms with E-state index in [4.69, 9.17) is 5.73 Å². The van der Waals surface area contributed by atoms with Crippen molar-refractivity contribution in [2.45, 2.75) is 32.1 Å². The fraction of sp³-hybridized carbons (Fsp3) is 0.320. The lowest BCUT2D eigenvalue weighted by molar-refractivity contribution is -0.117. The zero-order valence-electron chi connectivity index (χ0n) is 19.1. The summed E-state index contributed by atoms with van der Waals surface area (Å²) in [5.41, 5.74) is 7.73. The zero-order valence-corrected chi connectivity index (χ0v) is 19.1. The van der Waals surface area contributed by atoms with Gasteiger partial charge in [0.25, 0.3) is 0 Å². The average molecular weight is 478 g/mol. The lowest BCUT2D eigenvalue weighted by atomic mass is 9.83. The van der Waals surface area contributed by atoms with E-state index in [1.807, 2.05) is 12.1 Å². The number of para-hydroxylation sites is 1. The number of hydrogen-bond acceptors (Lipinski definition) is 5. The van der Waals surface area contributed by atoms with E-state index in [9.17, 15) is 24.3 Å². The van der Waals surface area contributed by atoms with Crippen LogP contribution in [0.15, 0.2) is 53.6 Å². The summed E-state index contributed by atoms with van der Waals surface area (Å²) in [5.74, 6) is -2.25. The second-order valence-electron chi connectivity index (χ2n) is 8.66. The van der Waals surface area contributed by atoms with E-state index < -0.39 is 30.4 Å². The molecular formula is C25H27N5O5.